The zero-order chi connectivity index (χ0) is 19.6. The van der Waals surface area contributed by atoms with Gasteiger partial charge in [0.2, 0.25) is 4.80 Å². The minimum Gasteiger partial charge on any atom is -0.497 e. The molecular formula is C17H15BrN2O5S2. The van der Waals surface area contributed by atoms with Crippen molar-refractivity contribution in [1.29, 1.82) is 0 Å². The molecule has 0 saturated carbocycles. The van der Waals surface area contributed by atoms with Crippen LogP contribution in [0.15, 0.2) is 56.2 Å². The van der Waals surface area contributed by atoms with Gasteiger partial charge < -0.3 is 14.0 Å². The molecule has 1 aromatic heterocycles. The van der Waals surface area contributed by atoms with E-state index in [4.69, 9.17) is 9.47 Å². The van der Waals surface area contributed by atoms with Gasteiger partial charge in [0.25, 0.3) is 10.0 Å². The summed E-state index contributed by atoms with van der Waals surface area (Å²) in [6, 6.07) is 11.4. The Morgan fingerprint density at radius 3 is 2.52 bits per heavy atom. The highest BCUT2D eigenvalue weighted by molar-refractivity contribution is 9.10. The lowest BCUT2D eigenvalue weighted by Crippen LogP contribution is -2.22. The van der Waals surface area contributed by atoms with Crippen molar-refractivity contribution in [3.63, 3.8) is 0 Å². The van der Waals surface area contributed by atoms with Crippen molar-refractivity contribution in [3.05, 3.63) is 51.7 Å². The molecule has 0 fully saturated rings. The van der Waals surface area contributed by atoms with Gasteiger partial charge >= 0.3 is 5.97 Å². The van der Waals surface area contributed by atoms with Crippen molar-refractivity contribution in [2.24, 2.45) is 4.40 Å². The fourth-order valence-electron chi connectivity index (χ4n) is 2.37. The number of carbonyl (C=O) groups is 1. The van der Waals surface area contributed by atoms with E-state index in [-0.39, 0.29) is 16.2 Å². The molecule has 0 unspecified atom stereocenters. The van der Waals surface area contributed by atoms with Crippen LogP contribution in [0.1, 0.15) is 0 Å². The molecule has 0 aliphatic carbocycles. The lowest BCUT2D eigenvalue weighted by atomic mass is 10.3. The predicted molar refractivity (Wildman–Crippen MR) is 105 cm³/mol. The van der Waals surface area contributed by atoms with Gasteiger partial charge in [0, 0.05) is 4.47 Å². The Morgan fingerprint density at radius 1 is 1.19 bits per heavy atom. The van der Waals surface area contributed by atoms with Crippen molar-refractivity contribution in [2.45, 2.75) is 11.4 Å². The van der Waals surface area contributed by atoms with Crippen LogP contribution in [0.4, 0.5) is 0 Å². The van der Waals surface area contributed by atoms with Gasteiger partial charge in [-0.1, -0.05) is 27.3 Å². The van der Waals surface area contributed by atoms with E-state index < -0.39 is 16.0 Å². The molecular weight excluding hydrogens is 456 g/mol. The van der Waals surface area contributed by atoms with E-state index in [1.807, 2.05) is 12.1 Å². The van der Waals surface area contributed by atoms with E-state index >= 15 is 0 Å². The average Bonchev–Trinajstić information content (AvgIpc) is 2.97. The van der Waals surface area contributed by atoms with Crippen LogP contribution in [0.2, 0.25) is 0 Å². The molecule has 0 amide bonds. The molecule has 2 aromatic carbocycles. The molecule has 3 aromatic rings. The number of esters is 1. The number of rotatable bonds is 5. The van der Waals surface area contributed by atoms with Gasteiger partial charge in [0.05, 0.1) is 29.3 Å². The van der Waals surface area contributed by atoms with Gasteiger partial charge in [-0.25, -0.2) is 0 Å². The second-order valence-electron chi connectivity index (χ2n) is 5.40. The molecule has 142 valence electrons. The molecule has 0 radical (unpaired) electrons. The van der Waals surface area contributed by atoms with Gasteiger partial charge in [-0.15, -0.1) is 4.40 Å². The van der Waals surface area contributed by atoms with Gasteiger partial charge in [-0.05, 0) is 42.5 Å². The van der Waals surface area contributed by atoms with Crippen LogP contribution in [0.3, 0.4) is 0 Å². The highest BCUT2D eigenvalue weighted by atomic mass is 79.9. The molecule has 1 heterocycles. The minimum atomic E-state index is -3.97. The quantitative estimate of drug-likeness (QED) is 0.534. The summed E-state index contributed by atoms with van der Waals surface area (Å²) in [6.07, 6.45) is 0. The number of sulfonamides is 1. The van der Waals surface area contributed by atoms with Crippen molar-refractivity contribution in [2.75, 3.05) is 14.2 Å². The number of nitrogens with zero attached hydrogens (tertiary/aromatic N) is 2. The number of benzene rings is 2. The van der Waals surface area contributed by atoms with E-state index in [0.29, 0.717) is 11.3 Å². The number of thiazole rings is 1. The first kappa shape index (κ1) is 19.6. The van der Waals surface area contributed by atoms with E-state index in [0.717, 1.165) is 9.17 Å². The number of aromatic nitrogens is 1. The first-order valence-corrected chi connectivity index (χ1v) is 10.7. The van der Waals surface area contributed by atoms with E-state index in [1.54, 1.807) is 18.2 Å². The van der Waals surface area contributed by atoms with E-state index in [9.17, 15) is 13.2 Å². The summed E-state index contributed by atoms with van der Waals surface area (Å²) in [5, 5.41) is 0. The Labute approximate surface area is 168 Å². The van der Waals surface area contributed by atoms with Crippen LogP contribution in [-0.4, -0.2) is 33.2 Å². The topological polar surface area (TPSA) is 87.0 Å². The molecule has 0 aliphatic rings. The maximum atomic E-state index is 12.7. The number of ether oxygens (including phenoxy) is 2. The van der Waals surface area contributed by atoms with E-state index in [1.165, 1.54) is 42.3 Å². The Hall–Kier alpha value is -2.17. The second kappa shape index (κ2) is 7.83. The Kier molecular flexibility index (Phi) is 5.68. The maximum Gasteiger partial charge on any atom is 0.325 e. The van der Waals surface area contributed by atoms with Crippen molar-refractivity contribution in [1.82, 2.24) is 4.57 Å². The van der Waals surface area contributed by atoms with Gasteiger partial charge in [0.1, 0.15) is 12.3 Å². The SMILES string of the molecule is COC(=O)Cn1c(=NS(=O)(=O)c2ccc(OC)cc2)sc2cc(Br)ccc21. The summed E-state index contributed by atoms with van der Waals surface area (Å²) in [7, 11) is -1.19. The average molecular weight is 471 g/mol. The first-order valence-electron chi connectivity index (χ1n) is 7.65. The van der Waals surface area contributed by atoms with Gasteiger partial charge in [-0.3, -0.25) is 4.79 Å². The van der Waals surface area contributed by atoms with Crippen molar-refractivity contribution in [3.8, 4) is 5.75 Å². The highest BCUT2D eigenvalue weighted by Gasteiger charge is 2.16. The second-order valence-corrected chi connectivity index (χ2v) is 8.93. The fraction of sp³-hybridized carbons (Fsp3) is 0.176. The Balaban J connectivity index is 2.18. The zero-order valence-electron chi connectivity index (χ0n) is 14.4. The molecule has 0 aliphatic heterocycles. The number of hydrogen-bond acceptors (Lipinski definition) is 6. The zero-order valence-corrected chi connectivity index (χ0v) is 17.6. The number of hydrogen-bond donors (Lipinski definition) is 0. The lowest BCUT2D eigenvalue weighted by Gasteiger charge is -2.04. The Morgan fingerprint density at radius 2 is 1.89 bits per heavy atom. The minimum absolute atomic E-state index is 0.0338. The lowest BCUT2D eigenvalue weighted by molar-refractivity contribution is -0.141. The van der Waals surface area contributed by atoms with Crippen molar-refractivity contribution >= 4 is 53.5 Å². The van der Waals surface area contributed by atoms with Crippen molar-refractivity contribution < 1.29 is 22.7 Å². The molecule has 0 atom stereocenters. The molecule has 10 heteroatoms. The number of methoxy groups -OCH3 is 2. The molecule has 27 heavy (non-hydrogen) atoms. The molecule has 0 bridgehead atoms. The number of fused-ring (bicyclic) bond motifs is 1. The molecule has 0 spiro atoms. The molecule has 0 saturated heterocycles. The summed E-state index contributed by atoms with van der Waals surface area (Å²) in [6.45, 7) is -0.144. The predicted octanol–water partition coefficient (Wildman–Crippen LogP) is 2.94. The summed E-state index contributed by atoms with van der Waals surface area (Å²) in [4.78, 5) is 12.0. The van der Waals surface area contributed by atoms with Gasteiger partial charge in [0.15, 0.2) is 0 Å². The van der Waals surface area contributed by atoms with Crippen LogP contribution in [0, 0.1) is 0 Å². The summed E-state index contributed by atoms with van der Waals surface area (Å²) >= 11 is 4.56. The third kappa shape index (κ3) is 4.23. The number of halogens is 1. The highest BCUT2D eigenvalue weighted by Crippen LogP contribution is 2.23. The van der Waals surface area contributed by atoms with Gasteiger partial charge in [-0.2, -0.15) is 8.42 Å². The van der Waals surface area contributed by atoms with E-state index in [2.05, 4.69) is 20.3 Å². The number of carbonyl (C=O) groups excluding carboxylic acids is 1. The summed E-state index contributed by atoms with van der Waals surface area (Å²) < 4.78 is 42.3. The largest absolute Gasteiger partial charge is 0.497 e. The molecule has 7 nitrogen and oxygen atoms in total. The van der Waals surface area contributed by atoms with Crippen LogP contribution in [0.25, 0.3) is 10.2 Å². The molecule has 0 N–H and O–H groups in total. The van der Waals surface area contributed by atoms with Crippen LogP contribution in [-0.2, 0) is 26.1 Å². The normalized spacial score (nSPS) is 12.3. The maximum absolute atomic E-state index is 12.7. The van der Waals surface area contributed by atoms with Crippen LogP contribution in [0.5, 0.6) is 5.75 Å². The summed E-state index contributed by atoms with van der Waals surface area (Å²) in [5.41, 5.74) is 0.692. The fourth-order valence-corrected chi connectivity index (χ4v) is 5.15. The first-order chi connectivity index (χ1) is 12.8. The van der Waals surface area contributed by atoms with Crippen LogP contribution >= 0.6 is 27.3 Å². The monoisotopic (exact) mass is 470 g/mol. The third-order valence-corrected chi connectivity index (χ3v) is 6.65. The Bertz CT molecular complexity index is 1160. The van der Waals surface area contributed by atoms with Crippen LogP contribution < -0.4 is 9.54 Å². The standard InChI is InChI=1S/C17H15BrN2O5S2/c1-24-12-4-6-13(7-5-12)27(22,23)19-17-20(10-16(21)25-2)14-8-3-11(18)9-15(14)26-17/h3-9H,10H2,1-2H3. The smallest absolute Gasteiger partial charge is 0.325 e. The summed E-state index contributed by atoms with van der Waals surface area (Å²) in [5.74, 6) is 0.0438. The molecule has 3 rings (SSSR count). The third-order valence-electron chi connectivity index (χ3n) is 3.72.